The van der Waals surface area contributed by atoms with Gasteiger partial charge in [0.1, 0.15) is 24.4 Å². The van der Waals surface area contributed by atoms with Crippen molar-refractivity contribution in [2.75, 3.05) is 185 Å². The van der Waals surface area contributed by atoms with Crippen molar-refractivity contribution in [3.05, 3.63) is 0 Å². The van der Waals surface area contributed by atoms with Crippen LogP contribution in [0.15, 0.2) is 0 Å². The van der Waals surface area contributed by atoms with Gasteiger partial charge in [-0.15, -0.1) is 0 Å². The van der Waals surface area contributed by atoms with E-state index in [1.807, 2.05) is 0 Å². The fourth-order valence-electron chi connectivity index (χ4n) is 6.39. The van der Waals surface area contributed by atoms with E-state index in [1.165, 1.54) is 77.0 Å². The first kappa shape index (κ1) is 63.3. The normalized spacial score (nSPS) is 18.8. The highest BCUT2D eigenvalue weighted by molar-refractivity contribution is 4.88. The van der Waals surface area contributed by atoms with E-state index >= 15 is 0 Å². The van der Waals surface area contributed by atoms with Gasteiger partial charge >= 0.3 is 0 Å². The average Bonchev–Trinajstić information content (AvgIpc) is 3.32. The van der Waals surface area contributed by atoms with Gasteiger partial charge in [-0.05, 0) is 6.42 Å². The number of ether oxygens (including phenoxy) is 15. The topological polar surface area (TPSA) is 219 Å². The molecule has 1 heterocycles. The summed E-state index contributed by atoms with van der Waals surface area (Å²) in [5.74, 6) is 0. The molecule has 4 N–H and O–H groups in total. The van der Waals surface area contributed by atoms with Crippen LogP contribution in [0.1, 0.15) is 90.4 Å². The molecule has 1 fully saturated rings. The number of aliphatic hydroxyl groups is 4. The molecular formula is C47H94O19. The zero-order chi connectivity index (χ0) is 47.5. The predicted octanol–water partition coefficient (Wildman–Crippen LogP) is 3.11. The Morgan fingerprint density at radius 3 is 0.803 bits per heavy atom. The summed E-state index contributed by atoms with van der Waals surface area (Å²) in [6, 6.07) is 0. The van der Waals surface area contributed by atoms with E-state index in [4.69, 9.17) is 71.1 Å². The first-order chi connectivity index (χ1) is 32.6. The lowest BCUT2D eigenvalue weighted by molar-refractivity contribution is -0.302. The third kappa shape index (κ3) is 42.1. The lowest BCUT2D eigenvalue weighted by Gasteiger charge is -2.39. The van der Waals surface area contributed by atoms with E-state index in [9.17, 15) is 20.4 Å². The Labute approximate surface area is 396 Å². The second-order valence-electron chi connectivity index (χ2n) is 15.8. The number of unbranched alkanes of at least 4 members (excludes halogenated alkanes) is 12. The summed E-state index contributed by atoms with van der Waals surface area (Å²) in [4.78, 5) is 0. The number of hydrogen-bond acceptors (Lipinski definition) is 19. The summed E-state index contributed by atoms with van der Waals surface area (Å²) in [7, 11) is 0. The van der Waals surface area contributed by atoms with Gasteiger partial charge in [0.15, 0.2) is 6.29 Å². The minimum atomic E-state index is -1.48. The third-order valence-corrected chi connectivity index (χ3v) is 10.2. The third-order valence-electron chi connectivity index (χ3n) is 10.2. The van der Waals surface area contributed by atoms with Crippen molar-refractivity contribution in [2.24, 2.45) is 0 Å². The van der Waals surface area contributed by atoms with Gasteiger partial charge < -0.3 is 91.5 Å². The van der Waals surface area contributed by atoms with Crippen LogP contribution in [0.5, 0.6) is 0 Å². The Morgan fingerprint density at radius 1 is 0.288 bits per heavy atom. The molecule has 19 nitrogen and oxygen atoms in total. The molecule has 1 saturated heterocycles. The molecule has 66 heavy (non-hydrogen) atoms. The SMILES string of the molecule is CCCCCCCCCCCCCCCOCCOCCOCCOCCOCCOCCOCCOCCOCCOCCOCCOCCOCCO[C@@H]1O[C@H](CO)[C@H](O)[C@H](O)[C@H]1O. The number of rotatable bonds is 55. The molecule has 0 aliphatic carbocycles. The Bertz CT molecular complexity index is 928. The van der Waals surface area contributed by atoms with Crippen LogP contribution >= 0.6 is 0 Å². The van der Waals surface area contributed by atoms with E-state index in [-0.39, 0.29) is 13.2 Å². The molecule has 1 aliphatic rings. The zero-order valence-electron chi connectivity index (χ0n) is 40.8. The molecule has 1 aliphatic heterocycles. The predicted molar refractivity (Wildman–Crippen MR) is 246 cm³/mol. The van der Waals surface area contributed by atoms with Crippen LogP contribution in [0.25, 0.3) is 0 Å². The van der Waals surface area contributed by atoms with E-state index < -0.39 is 37.3 Å². The summed E-state index contributed by atoms with van der Waals surface area (Å²) >= 11 is 0. The molecule has 0 radical (unpaired) electrons. The standard InChI is InChI=1S/C47H94O19/c1-2-3-4-5-6-7-8-9-10-11-12-13-14-15-52-16-17-53-18-19-54-20-21-55-22-23-56-24-25-57-26-27-58-28-29-59-30-31-60-32-33-61-34-35-62-36-37-63-38-39-64-40-41-65-47-46(51)45(50)44(49)43(42-48)66-47/h43-51H,2-42H2,1H3/t43-,44+,45+,46-,47-/m1/s1. The second kappa shape index (κ2) is 52.1. The molecule has 0 bridgehead atoms. The molecule has 0 spiro atoms. The lowest BCUT2D eigenvalue weighted by Crippen LogP contribution is -2.59. The molecule has 1 rings (SSSR count). The Kier molecular flexibility index (Phi) is 49.9. The fourth-order valence-corrected chi connectivity index (χ4v) is 6.39. The van der Waals surface area contributed by atoms with Crippen LogP contribution in [0.2, 0.25) is 0 Å². The maximum absolute atomic E-state index is 9.93. The summed E-state index contributed by atoms with van der Waals surface area (Å²) in [6.07, 6.45) is 11.2. The largest absolute Gasteiger partial charge is 0.394 e. The Hall–Kier alpha value is -0.760. The van der Waals surface area contributed by atoms with Crippen LogP contribution < -0.4 is 0 Å². The number of hydrogen-bond donors (Lipinski definition) is 4. The summed E-state index contributed by atoms with van der Waals surface area (Å²) < 4.78 is 82.3. The Balaban J connectivity index is 1.63. The Morgan fingerprint density at radius 2 is 0.530 bits per heavy atom. The van der Waals surface area contributed by atoms with Crippen LogP contribution in [-0.4, -0.2) is 236 Å². The van der Waals surface area contributed by atoms with Gasteiger partial charge in [-0.25, -0.2) is 0 Å². The van der Waals surface area contributed by atoms with Crippen molar-refractivity contribution < 1.29 is 91.5 Å². The van der Waals surface area contributed by atoms with Gasteiger partial charge in [-0.2, -0.15) is 0 Å². The molecular weight excluding hydrogens is 868 g/mol. The highest BCUT2D eigenvalue weighted by Crippen LogP contribution is 2.22. The van der Waals surface area contributed by atoms with Crippen LogP contribution in [-0.2, 0) is 71.1 Å². The maximum Gasteiger partial charge on any atom is 0.186 e. The van der Waals surface area contributed by atoms with Crippen molar-refractivity contribution in [1.82, 2.24) is 0 Å². The quantitative estimate of drug-likeness (QED) is 0.0644. The van der Waals surface area contributed by atoms with Gasteiger partial charge in [0, 0.05) is 6.61 Å². The van der Waals surface area contributed by atoms with E-state index in [1.54, 1.807) is 0 Å². The molecule has 19 heteroatoms. The zero-order valence-corrected chi connectivity index (χ0v) is 40.8. The summed E-state index contributed by atoms with van der Waals surface area (Å²) in [6.45, 7) is 14.5. The van der Waals surface area contributed by atoms with Gasteiger partial charge in [0.2, 0.25) is 0 Å². The molecule has 0 aromatic rings. The van der Waals surface area contributed by atoms with Gasteiger partial charge in [-0.1, -0.05) is 84.0 Å². The molecule has 0 saturated carbocycles. The smallest absolute Gasteiger partial charge is 0.186 e. The monoisotopic (exact) mass is 963 g/mol. The van der Waals surface area contributed by atoms with E-state index in [0.717, 1.165) is 13.0 Å². The van der Waals surface area contributed by atoms with Crippen LogP contribution in [0.3, 0.4) is 0 Å². The molecule has 0 unspecified atom stereocenters. The highest BCUT2D eigenvalue weighted by atomic mass is 16.7. The van der Waals surface area contributed by atoms with Crippen molar-refractivity contribution >= 4 is 0 Å². The molecule has 5 atom stereocenters. The maximum atomic E-state index is 9.93. The molecule has 0 aromatic heterocycles. The van der Waals surface area contributed by atoms with Crippen LogP contribution in [0, 0.1) is 0 Å². The van der Waals surface area contributed by atoms with Gasteiger partial charge in [0.05, 0.1) is 178 Å². The van der Waals surface area contributed by atoms with Crippen LogP contribution in [0.4, 0.5) is 0 Å². The van der Waals surface area contributed by atoms with Crippen molar-refractivity contribution in [1.29, 1.82) is 0 Å². The minimum absolute atomic E-state index is 0.0840. The van der Waals surface area contributed by atoms with Crippen molar-refractivity contribution in [3.63, 3.8) is 0 Å². The summed E-state index contributed by atoms with van der Waals surface area (Å²) in [5, 5.41) is 38.7. The van der Waals surface area contributed by atoms with Crippen molar-refractivity contribution in [2.45, 2.75) is 121 Å². The first-order valence-electron chi connectivity index (χ1n) is 25.0. The average molecular weight is 963 g/mol. The number of aliphatic hydroxyl groups excluding tert-OH is 4. The van der Waals surface area contributed by atoms with Crippen molar-refractivity contribution in [3.8, 4) is 0 Å². The lowest BCUT2D eigenvalue weighted by atomic mass is 9.99. The molecule has 0 aromatic carbocycles. The highest BCUT2D eigenvalue weighted by Gasteiger charge is 2.43. The van der Waals surface area contributed by atoms with Gasteiger partial charge in [-0.3, -0.25) is 0 Å². The summed E-state index contributed by atoms with van der Waals surface area (Å²) in [5.41, 5.74) is 0. The molecule has 0 amide bonds. The van der Waals surface area contributed by atoms with E-state index in [0.29, 0.717) is 159 Å². The molecule has 396 valence electrons. The van der Waals surface area contributed by atoms with Gasteiger partial charge in [0.25, 0.3) is 0 Å². The van der Waals surface area contributed by atoms with E-state index in [2.05, 4.69) is 6.92 Å². The minimum Gasteiger partial charge on any atom is -0.394 e. The second-order valence-corrected chi connectivity index (χ2v) is 15.8. The fraction of sp³-hybridized carbons (Fsp3) is 1.00. The first-order valence-corrected chi connectivity index (χ1v) is 25.0.